The standard InChI is InChI=1S/C24H28O3P2/c1-5-26-29(25,27-6-2)23-21(19-13-9-7-10-14-19)24(4)17-28(23)22(18(24)3)20-15-11-8-12-16-20/h7-16H,5-6,17H2,1-4H3. The lowest BCUT2D eigenvalue weighted by Gasteiger charge is -2.33. The summed E-state index contributed by atoms with van der Waals surface area (Å²) in [5, 5.41) is 2.27. The molecule has 0 spiro atoms. The molecule has 0 aromatic heterocycles. The molecule has 0 radical (unpaired) electrons. The summed E-state index contributed by atoms with van der Waals surface area (Å²) in [7, 11) is -4.17. The summed E-state index contributed by atoms with van der Waals surface area (Å²) in [6.45, 7) is 9.05. The molecular weight excluding hydrogens is 398 g/mol. The zero-order chi connectivity index (χ0) is 20.6. The monoisotopic (exact) mass is 426 g/mol. The lowest BCUT2D eigenvalue weighted by Crippen LogP contribution is -2.19. The zero-order valence-corrected chi connectivity index (χ0v) is 19.3. The lowest BCUT2D eigenvalue weighted by atomic mass is 9.75. The number of benzene rings is 2. The average molecular weight is 426 g/mol. The van der Waals surface area contributed by atoms with Crippen molar-refractivity contribution < 1.29 is 13.6 Å². The van der Waals surface area contributed by atoms with Crippen LogP contribution in [0.25, 0.3) is 10.9 Å². The Balaban J connectivity index is 1.97. The van der Waals surface area contributed by atoms with Crippen molar-refractivity contribution >= 4 is 26.4 Å². The highest BCUT2D eigenvalue weighted by molar-refractivity contribution is 7.87. The lowest BCUT2D eigenvalue weighted by molar-refractivity contribution is 0.228. The van der Waals surface area contributed by atoms with E-state index in [1.54, 1.807) is 0 Å². The molecule has 0 saturated carbocycles. The van der Waals surface area contributed by atoms with Crippen LogP contribution in [0.4, 0.5) is 0 Å². The molecule has 2 aromatic carbocycles. The highest BCUT2D eigenvalue weighted by Gasteiger charge is 2.57. The molecule has 0 aliphatic carbocycles. The number of hydrogen-bond acceptors (Lipinski definition) is 3. The van der Waals surface area contributed by atoms with E-state index in [1.165, 1.54) is 16.5 Å². The highest BCUT2D eigenvalue weighted by Crippen LogP contribution is 2.86. The second-order valence-electron chi connectivity index (χ2n) is 7.66. The van der Waals surface area contributed by atoms with Crippen molar-refractivity contribution in [2.75, 3.05) is 19.4 Å². The Morgan fingerprint density at radius 2 is 1.45 bits per heavy atom. The summed E-state index contributed by atoms with van der Waals surface area (Å²) in [5.41, 5.74) is 4.74. The van der Waals surface area contributed by atoms with E-state index in [1.807, 2.05) is 38.1 Å². The minimum absolute atomic E-state index is 0.155. The van der Waals surface area contributed by atoms with Crippen molar-refractivity contribution in [2.45, 2.75) is 27.7 Å². The highest BCUT2D eigenvalue weighted by atomic mass is 31.2. The summed E-state index contributed by atoms with van der Waals surface area (Å²) in [6, 6.07) is 20.9. The Morgan fingerprint density at radius 1 is 0.931 bits per heavy atom. The number of fused-ring (bicyclic) bond motifs is 2. The second-order valence-corrected chi connectivity index (χ2v) is 12.0. The molecule has 3 nitrogen and oxygen atoms in total. The van der Waals surface area contributed by atoms with Crippen LogP contribution in [-0.4, -0.2) is 19.4 Å². The Hall–Kier alpha value is -1.50. The molecule has 2 atom stereocenters. The summed E-state index contributed by atoms with van der Waals surface area (Å²) in [6.07, 6.45) is 0.974. The van der Waals surface area contributed by atoms with E-state index >= 15 is 0 Å². The first-order chi connectivity index (χ1) is 14.0. The summed E-state index contributed by atoms with van der Waals surface area (Å²) < 4.78 is 25.9. The predicted molar refractivity (Wildman–Crippen MR) is 123 cm³/mol. The number of rotatable bonds is 7. The first-order valence-electron chi connectivity index (χ1n) is 10.2. The van der Waals surface area contributed by atoms with Crippen LogP contribution >= 0.6 is 15.5 Å². The summed E-state index contributed by atoms with van der Waals surface area (Å²) >= 11 is 0. The Bertz CT molecular complexity index is 1000. The molecule has 0 fully saturated rings. The average Bonchev–Trinajstić information content (AvgIpc) is 3.17. The number of allylic oxidation sites excluding steroid dienone is 2. The van der Waals surface area contributed by atoms with Gasteiger partial charge in [0.1, 0.15) is 0 Å². The van der Waals surface area contributed by atoms with Gasteiger partial charge in [0.2, 0.25) is 0 Å². The third-order valence-corrected chi connectivity index (χ3v) is 12.1. The van der Waals surface area contributed by atoms with Gasteiger partial charge >= 0.3 is 7.60 Å². The van der Waals surface area contributed by atoms with Gasteiger partial charge in [-0.15, -0.1) is 0 Å². The van der Waals surface area contributed by atoms with Crippen LogP contribution in [-0.2, 0) is 13.6 Å². The van der Waals surface area contributed by atoms with Crippen LogP contribution in [0.5, 0.6) is 0 Å². The first-order valence-corrected chi connectivity index (χ1v) is 13.3. The van der Waals surface area contributed by atoms with Crippen molar-refractivity contribution in [3.05, 3.63) is 82.4 Å². The van der Waals surface area contributed by atoms with Gasteiger partial charge in [0.05, 0.1) is 18.3 Å². The van der Waals surface area contributed by atoms with Gasteiger partial charge in [0, 0.05) is 5.41 Å². The fourth-order valence-electron chi connectivity index (χ4n) is 4.61. The van der Waals surface area contributed by atoms with Crippen LogP contribution in [0.1, 0.15) is 38.8 Å². The Kier molecular flexibility index (Phi) is 5.70. The smallest absolute Gasteiger partial charge is 0.305 e. The Morgan fingerprint density at radius 3 is 1.97 bits per heavy atom. The predicted octanol–water partition coefficient (Wildman–Crippen LogP) is 7.57. The van der Waals surface area contributed by atoms with E-state index in [0.717, 1.165) is 22.4 Å². The van der Waals surface area contributed by atoms with Gasteiger partial charge in [0.25, 0.3) is 0 Å². The van der Waals surface area contributed by atoms with Crippen LogP contribution in [0.2, 0.25) is 0 Å². The molecule has 2 aromatic rings. The second kappa shape index (κ2) is 7.97. The normalized spacial score (nSPS) is 23.9. The van der Waals surface area contributed by atoms with Gasteiger partial charge in [-0.3, -0.25) is 4.57 Å². The van der Waals surface area contributed by atoms with Gasteiger partial charge in [-0.2, -0.15) is 0 Å². The van der Waals surface area contributed by atoms with Crippen LogP contribution < -0.4 is 0 Å². The maximum Gasteiger partial charge on any atom is 0.362 e. The number of hydrogen-bond donors (Lipinski definition) is 0. The van der Waals surface area contributed by atoms with Gasteiger partial charge in [-0.25, -0.2) is 0 Å². The maximum atomic E-state index is 14.1. The van der Waals surface area contributed by atoms with Crippen molar-refractivity contribution in [3.8, 4) is 0 Å². The SMILES string of the molecule is CCOP(=O)(OCC)C1=C(c2ccccc2)C2(C)CP1C(c1ccccc1)=C2C. The van der Waals surface area contributed by atoms with Crippen LogP contribution in [0.3, 0.4) is 0 Å². The van der Waals surface area contributed by atoms with Gasteiger partial charge < -0.3 is 9.05 Å². The van der Waals surface area contributed by atoms with Crippen molar-refractivity contribution in [2.24, 2.45) is 5.41 Å². The van der Waals surface area contributed by atoms with Gasteiger partial charge in [0.15, 0.2) is 0 Å². The molecule has 2 unspecified atom stereocenters. The molecule has 29 heavy (non-hydrogen) atoms. The largest absolute Gasteiger partial charge is 0.362 e. The van der Waals surface area contributed by atoms with Crippen molar-refractivity contribution in [1.82, 2.24) is 0 Å². The molecular formula is C24H28O3P2. The molecule has 2 heterocycles. The molecule has 0 saturated heterocycles. The topological polar surface area (TPSA) is 35.5 Å². The quantitative estimate of drug-likeness (QED) is 0.428. The molecule has 0 amide bonds. The molecule has 2 aliphatic heterocycles. The summed E-state index contributed by atoms with van der Waals surface area (Å²) in [4.78, 5) is 0. The van der Waals surface area contributed by atoms with Crippen LogP contribution in [0.15, 0.2) is 71.3 Å². The fraction of sp³-hybridized carbons (Fsp3) is 0.333. The van der Waals surface area contributed by atoms with E-state index in [4.69, 9.17) is 9.05 Å². The Labute approximate surface area is 175 Å². The third kappa shape index (κ3) is 3.29. The van der Waals surface area contributed by atoms with E-state index in [-0.39, 0.29) is 5.41 Å². The van der Waals surface area contributed by atoms with Crippen molar-refractivity contribution in [1.29, 1.82) is 0 Å². The van der Waals surface area contributed by atoms with E-state index < -0.39 is 15.5 Å². The molecule has 152 valence electrons. The zero-order valence-electron chi connectivity index (χ0n) is 17.5. The van der Waals surface area contributed by atoms with Crippen LogP contribution in [0, 0.1) is 5.41 Å². The van der Waals surface area contributed by atoms with Gasteiger partial charge in [-0.05, 0) is 56.9 Å². The third-order valence-electron chi connectivity index (χ3n) is 5.93. The molecule has 5 heteroatoms. The summed E-state index contributed by atoms with van der Waals surface area (Å²) in [5.74, 6) is 0. The van der Waals surface area contributed by atoms with E-state index in [2.05, 4.69) is 50.2 Å². The molecule has 0 N–H and O–H groups in total. The molecule has 2 aliphatic rings. The molecule has 4 rings (SSSR count). The minimum atomic E-state index is -3.38. The van der Waals surface area contributed by atoms with Crippen molar-refractivity contribution in [3.63, 3.8) is 0 Å². The van der Waals surface area contributed by atoms with E-state index in [0.29, 0.717) is 13.2 Å². The van der Waals surface area contributed by atoms with E-state index in [9.17, 15) is 4.57 Å². The minimum Gasteiger partial charge on any atom is -0.305 e. The maximum absolute atomic E-state index is 14.1. The van der Waals surface area contributed by atoms with Gasteiger partial charge in [-0.1, -0.05) is 73.2 Å². The fourth-order valence-corrected chi connectivity index (χ4v) is 11.6. The molecule has 2 bridgehead atoms. The first kappa shape index (κ1) is 20.8.